The van der Waals surface area contributed by atoms with E-state index >= 15 is 0 Å². The lowest BCUT2D eigenvalue weighted by Crippen LogP contribution is -2.24. The summed E-state index contributed by atoms with van der Waals surface area (Å²) in [4.78, 5) is 13.1. The Labute approximate surface area is 123 Å². The molecule has 106 valence electrons. The summed E-state index contributed by atoms with van der Waals surface area (Å²) in [7, 11) is 0. The van der Waals surface area contributed by atoms with Crippen LogP contribution in [-0.4, -0.2) is 12.5 Å². The topological polar surface area (TPSA) is 38.3 Å². The van der Waals surface area contributed by atoms with Gasteiger partial charge in [-0.1, -0.05) is 12.1 Å². The zero-order chi connectivity index (χ0) is 14.4. The number of hydrogen-bond acceptors (Lipinski definition) is 3. The SMILES string of the molecule is CCOc1ccc(CC(=O)NCc2sccc2C)cc1. The van der Waals surface area contributed by atoms with E-state index in [0.29, 0.717) is 19.6 Å². The fraction of sp³-hybridized carbons (Fsp3) is 0.312. The van der Waals surface area contributed by atoms with Crippen molar-refractivity contribution in [2.75, 3.05) is 6.61 Å². The average Bonchev–Trinajstić information content (AvgIpc) is 2.84. The molecule has 0 aliphatic carbocycles. The zero-order valence-electron chi connectivity index (χ0n) is 11.8. The van der Waals surface area contributed by atoms with Gasteiger partial charge >= 0.3 is 0 Å². The van der Waals surface area contributed by atoms with Crippen LogP contribution in [0.15, 0.2) is 35.7 Å². The standard InChI is InChI=1S/C16H19NO2S/c1-3-19-14-6-4-13(5-7-14)10-16(18)17-11-15-12(2)8-9-20-15/h4-9H,3,10-11H2,1-2H3,(H,17,18). The van der Waals surface area contributed by atoms with Crippen molar-refractivity contribution < 1.29 is 9.53 Å². The molecule has 0 fully saturated rings. The van der Waals surface area contributed by atoms with E-state index in [1.165, 1.54) is 10.4 Å². The third kappa shape index (κ3) is 4.10. The molecule has 2 rings (SSSR count). The smallest absolute Gasteiger partial charge is 0.224 e. The number of ether oxygens (including phenoxy) is 1. The van der Waals surface area contributed by atoms with Gasteiger partial charge in [0.05, 0.1) is 19.6 Å². The predicted octanol–water partition coefficient (Wildman–Crippen LogP) is 3.31. The van der Waals surface area contributed by atoms with Crippen LogP contribution in [0.4, 0.5) is 0 Å². The van der Waals surface area contributed by atoms with Crippen molar-refractivity contribution in [3.63, 3.8) is 0 Å². The van der Waals surface area contributed by atoms with Crippen LogP contribution in [-0.2, 0) is 17.8 Å². The van der Waals surface area contributed by atoms with Crippen LogP contribution in [0.25, 0.3) is 0 Å². The predicted molar refractivity (Wildman–Crippen MR) is 82.2 cm³/mol. The van der Waals surface area contributed by atoms with Gasteiger partial charge in [0, 0.05) is 4.88 Å². The maximum absolute atomic E-state index is 11.9. The number of benzene rings is 1. The Kier molecular flexibility index (Phi) is 5.18. The number of aryl methyl sites for hydroxylation is 1. The largest absolute Gasteiger partial charge is 0.494 e. The second-order valence-corrected chi connectivity index (χ2v) is 5.56. The van der Waals surface area contributed by atoms with Crippen molar-refractivity contribution in [1.82, 2.24) is 5.32 Å². The number of carbonyl (C=O) groups is 1. The average molecular weight is 289 g/mol. The molecule has 0 aliphatic rings. The Morgan fingerprint density at radius 2 is 2.00 bits per heavy atom. The van der Waals surface area contributed by atoms with Gasteiger partial charge in [-0.15, -0.1) is 11.3 Å². The molecule has 0 atom stereocenters. The Morgan fingerprint density at radius 1 is 1.25 bits per heavy atom. The highest BCUT2D eigenvalue weighted by Crippen LogP contribution is 2.15. The molecule has 0 bridgehead atoms. The maximum Gasteiger partial charge on any atom is 0.224 e. The molecule has 1 N–H and O–H groups in total. The minimum Gasteiger partial charge on any atom is -0.494 e. The lowest BCUT2D eigenvalue weighted by molar-refractivity contribution is -0.120. The van der Waals surface area contributed by atoms with Gasteiger partial charge in [0.1, 0.15) is 5.75 Å². The molecule has 0 spiro atoms. The molecule has 20 heavy (non-hydrogen) atoms. The van der Waals surface area contributed by atoms with E-state index in [0.717, 1.165) is 11.3 Å². The molecule has 0 saturated heterocycles. The number of hydrogen-bond donors (Lipinski definition) is 1. The van der Waals surface area contributed by atoms with Crippen molar-refractivity contribution in [2.24, 2.45) is 0 Å². The summed E-state index contributed by atoms with van der Waals surface area (Å²) < 4.78 is 5.38. The molecule has 3 nitrogen and oxygen atoms in total. The van der Waals surface area contributed by atoms with Crippen molar-refractivity contribution in [3.8, 4) is 5.75 Å². The van der Waals surface area contributed by atoms with Gasteiger partial charge in [0.15, 0.2) is 0 Å². The first-order valence-electron chi connectivity index (χ1n) is 6.70. The molecule has 0 aliphatic heterocycles. The zero-order valence-corrected chi connectivity index (χ0v) is 12.6. The highest BCUT2D eigenvalue weighted by atomic mass is 32.1. The Balaban J connectivity index is 1.83. The molecule has 1 amide bonds. The first-order chi connectivity index (χ1) is 9.69. The van der Waals surface area contributed by atoms with Crippen LogP contribution in [0, 0.1) is 6.92 Å². The van der Waals surface area contributed by atoms with Crippen molar-refractivity contribution in [3.05, 3.63) is 51.7 Å². The van der Waals surface area contributed by atoms with Gasteiger partial charge in [-0.3, -0.25) is 4.79 Å². The van der Waals surface area contributed by atoms with E-state index in [1.807, 2.05) is 36.6 Å². The molecule has 1 heterocycles. The number of amides is 1. The van der Waals surface area contributed by atoms with Crippen LogP contribution < -0.4 is 10.1 Å². The van der Waals surface area contributed by atoms with E-state index in [-0.39, 0.29) is 5.91 Å². The molecule has 1 aromatic carbocycles. The van der Waals surface area contributed by atoms with Crippen molar-refractivity contribution >= 4 is 17.2 Å². The number of nitrogens with one attached hydrogen (secondary N) is 1. The van der Waals surface area contributed by atoms with Crippen LogP contribution in [0.5, 0.6) is 5.75 Å². The highest BCUT2D eigenvalue weighted by molar-refractivity contribution is 7.10. The normalized spacial score (nSPS) is 10.3. The van der Waals surface area contributed by atoms with Crippen LogP contribution in [0.2, 0.25) is 0 Å². The lowest BCUT2D eigenvalue weighted by Gasteiger charge is -2.06. The number of thiophene rings is 1. The highest BCUT2D eigenvalue weighted by Gasteiger charge is 2.05. The van der Waals surface area contributed by atoms with E-state index < -0.39 is 0 Å². The van der Waals surface area contributed by atoms with Crippen LogP contribution >= 0.6 is 11.3 Å². The summed E-state index contributed by atoms with van der Waals surface area (Å²) in [6.45, 7) is 5.28. The first-order valence-corrected chi connectivity index (χ1v) is 7.58. The van der Waals surface area contributed by atoms with E-state index in [2.05, 4.69) is 18.3 Å². The summed E-state index contributed by atoms with van der Waals surface area (Å²) in [5.74, 6) is 0.882. The summed E-state index contributed by atoms with van der Waals surface area (Å²) in [5, 5.41) is 5.00. The van der Waals surface area contributed by atoms with Crippen LogP contribution in [0.1, 0.15) is 22.9 Å². The van der Waals surface area contributed by atoms with E-state index in [1.54, 1.807) is 11.3 Å². The summed E-state index contributed by atoms with van der Waals surface area (Å²) in [6, 6.07) is 9.73. The van der Waals surface area contributed by atoms with Gasteiger partial charge < -0.3 is 10.1 Å². The maximum atomic E-state index is 11.9. The summed E-state index contributed by atoms with van der Waals surface area (Å²) in [5.41, 5.74) is 2.23. The van der Waals surface area contributed by atoms with Gasteiger partial charge in [0.2, 0.25) is 5.91 Å². The summed E-state index contributed by atoms with van der Waals surface area (Å²) in [6.07, 6.45) is 0.400. The van der Waals surface area contributed by atoms with Gasteiger partial charge in [-0.2, -0.15) is 0 Å². The third-order valence-corrected chi connectivity index (χ3v) is 4.04. The summed E-state index contributed by atoms with van der Waals surface area (Å²) >= 11 is 1.67. The van der Waals surface area contributed by atoms with E-state index in [4.69, 9.17) is 4.74 Å². The fourth-order valence-corrected chi connectivity index (χ4v) is 2.73. The van der Waals surface area contributed by atoms with Crippen molar-refractivity contribution in [1.29, 1.82) is 0 Å². The number of carbonyl (C=O) groups excluding carboxylic acids is 1. The molecule has 0 saturated carbocycles. The molecular weight excluding hydrogens is 270 g/mol. The van der Waals surface area contributed by atoms with Gasteiger partial charge in [-0.25, -0.2) is 0 Å². The van der Waals surface area contributed by atoms with Crippen molar-refractivity contribution in [2.45, 2.75) is 26.8 Å². The molecule has 1 aromatic heterocycles. The minimum absolute atomic E-state index is 0.0435. The second-order valence-electron chi connectivity index (χ2n) is 4.56. The molecule has 0 unspecified atom stereocenters. The monoisotopic (exact) mass is 289 g/mol. The quantitative estimate of drug-likeness (QED) is 0.886. The Morgan fingerprint density at radius 3 is 2.60 bits per heavy atom. The fourth-order valence-electron chi connectivity index (χ4n) is 1.88. The van der Waals surface area contributed by atoms with Gasteiger partial charge in [-0.05, 0) is 48.6 Å². The lowest BCUT2D eigenvalue weighted by atomic mass is 10.1. The van der Waals surface area contributed by atoms with Crippen LogP contribution in [0.3, 0.4) is 0 Å². The Hall–Kier alpha value is -1.81. The number of rotatable bonds is 6. The van der Waals surface area contributed by atoms with E-state index in [9.17, 15) is 4.79 Å². The second kappa shape index (κ2) is 7.10. The molecule has 4 heteroatoms. The molecule has 0 radical (unpaired) electrons. The first kappa shape index (κ1) is 14.6. The minimum atomic E-state index is 0.0435. The van der Waals surface area contributed by atoms with Gasteiger partial charge in [0.25, 0.3) is 0 Å². The molecule has 2 aromatic rings. The molecular formula is C16H19NO2S. The third-order valence-electron chi connectivity index (χ3n) is 3.01. The Bertz CT molecular complexity index is 560.